The van der Waals surface area contributed by atoms with Crippen molar-refractivity contribution in [2.24, 2.45) is 0 Å². The number of tetrazole rings is 1. The Hall–Kier alpha value is -2.93. The van der Waals surface area contributed by atoms with Gasteiger partial charge in [-0.2, -0.15) is 4.68 Å². The molecule has 3 aromatic rings. The van der Waals surface area contributed by atoms with E-state index in [0.29, 0.717) is 12.6 Å². The SMILES string of the molecule is COc1ccc(OC)c(CN(Cc2nnnn2-c2ccccc2)C2CC2)c1. The van der Waals surface area contributed by atoms with Crippen molar-refractivity contribution < 1.29 is 9.47 Å². The van der Waals surface area contributed by atoms with Crippen LogP contribution in [-0.2, 0) is 13.1 Å². The van der Waals surface area contributed by atoms with Gasteiger partial charge in [-0.25, -0.2) is 0 Å². The molecule has 0 radical (unpaired) electrons. The minimum absolute atomic E-state index is 0.543. The van der Waals surface area contributed by atoms with Gasteiger partial charge in [0, 0.05) is 18.2 Å². The predicted molar refractivity (Wildman–Crippen MR) is 101 cm³/mol. The lowest BCUT2D eigenvalue weighted by Crippen LogP contribution is -2.27. The van der Waals surface area contributed by atoms with Crippen LogP contribution in [0.1, 0.15) is 24.2 Å². The van der Waals surface area contributed by atoms with Crippen molar-refractivity contribution >= 4 is 0 Å². The molecule has 1 aromatic heterocycles. The Balaban J connectivity index is 1.58. The fraction of sp³-hybridized carbons (Fsp3) is 0.350. The van der Waals surface area contributed by atoms with Gasteiger partial charge in [-0.1, -0.05) is 18.2 Å². The number of benzene rings is 2. The van der Waals surface area contributed by atoms with E-state index in [1.165, 1.54) is 12.8 Å². The van der Waals surface area contributed by atoms with Crippen molar-refractivity contribution in [1.82, 2.24) is 25.1 Å². The third-order valence-corrected chi connectivity index (χ3v) is 4.80. The first kappa shape index (κ1) is 17.5. The second-order valence-electron chi connectivity index (χ2n) is 6.66. The van der Waals surface area contributed by atoms with Gasteiger partial charge in [0.1, 0.15) is 11.5 Å². The van der Waals surface area contributed by atoms with Gasteiger partial charge in [0.25, 0.3) is 0 Å². The van der Waals surface area contributed by atoms with E-state index in [4.69, 9.17) is 9.47 Å². The van der Waals surface area contributed by atoms with E-state index in [9.17, 15) is 0 Å². The maximum atomic E-state index is 5.55. The maximum Gasteiger partial charge on any atom is 0.170 e. The summed E-state index contributed by atoms with van der Waals surface area (Å²) in [7, 11) is 3.38. The molecule has 0 aliphatic heterocycles. The standard InChI is InChI=1S/C20H23N5O2/c1-26-18-10-11-19(27-2)15(12-18)13-24(16-8-9-16)14-20-21-22-23-25(20)17-6-4-3-5-7-17/h3-7,10-12,16H,8-9,13-14H2,1-2H3. The summed E-state index contributed by atoms with van der Waals surface area (Å²) in [4.78, 5) is 2.41. The zero-order chi connectivity index (χ0) is 18.6. The Morgan fingerprint density at radius 3 is 2.56 bits per heavy atom. The van der Waals surface area contributed by atoms with Crippen molar-refractivity contribution in [3.63, 3.8) is 0 Å². The number of nitrogens with zero attached hydrogens (tertiary/aromatic N) is 5. The van der Waals surface area contributed by atoms with Crippen LogP contribution in [0.25, 0.3) is 5.69 Å². The summed E-state index contributed by atoms with van der Waals surface area (Å²) in [6.07, 6.45) is 2.39. The first-order chi connectivity index (χ1) is 13.3. The topological polar surface area (TPSA) is 65.3 Å². The molecule has 1 saturated carbocycles. The third-order valence-electron chi connectivity index (χ3n) is 4.80. The molecule has 0 saturated heterocycles. The van der Waals surface area contributed by atoms with Crippen LogP contribution in [0.3, 0.4) is 0 Å². The molecule has 0 N–H and O–H groups in total. The number of aromatic nitrogens is 4. The van der Waals surface area contributed by atoms with Gasteiger partial charge in [0.2, 0.25) is 0 Å². The summed E-state index contributed by atoms with van der Waals surface area (Å²) in [5.41, 5.74) is 2.06. The quantitative estimate of drug-likeness (QED) is 0.612. The molecule has 0 bridgehead atoms. The molecule has 0 spiro atoms. The number of para-hydroxylation sites is 1. The summed E-state index contributed by atoms with van der Waals surface area (Å²) in [6, 6.07) is 16.4. The first-order valence-corrected chi connectivity index (χ1v) is 9.06. The Morgan fingerprint density at radius 1 is 1.04 bits per heavy atom. The van der Waals surface area contributed by atoms with Crippen LogP contribution in [0.4, 0.5) is 0 Å². The zero-order valence-corrected chi connectivity index (χ0v) is 15.6. The van der Waals surface area contributed by atoms with Gasteiger partial charge >= 0.3 is 0 Å². The van der Waals surface area contributed by atoms with Crippen molar-refractivity contribution in [3.8, 4) is 17.2 Å². The molecule has 0 unspecified atom stereocenters. The molecule has 7 heteroatoms. The van der Waals surface area contributed by atoms with Crippen LogP contribution >= 0.6 is 0 Å². The largest absolute Gasteiger partial charge is 0.497 e. The fourth-order valence-corrected chi connectivity index (χ4v) is 3.23. The number of rotatable bonds is 8. The zero-order valence-electron chi connectivity index (χ0n) is 15.6. The van der Waals surface area contributed by atoms with Gasteiger partial charge in [-0.15, -0.1) is 5.10 Å². The van der Waals surface area contributed by atoms with E-state index >= 15 is 0 Å². The average Bonchev–Trinajstić information content (AvgIpc) is 3.47. The third kappa shape index (κ3) is 3.93. The summed E-state index contributed by atoms with van der Waals surface area (Å²) in [5.74, 6) is 2.52. The van der Waals surface area contributed by atoms with E-state index in [2.05, 4.69) is 20.4 Å². The summed E-state index contributed by atoms with van der Waals surface area (Å²) in [5, 5.41) is 12.3. The lowest BCUT2D eigenvalue weighted by molar-refractivity contribution is 0.233. The highest BCUT2D eigenvalue weighted by molar-refractivity contribution is 5.40. The fourth-order valence-electron chi connectivity index (χ4n) is 3.23. The highest BCUT2D eigenvalue weighted by atomic mass is 16.5. The number of ether oxygens (including phenoxy) is 2. The van der Waals surface area contributed by atoms with E-state index in [1.54, 1.807) is 18.9 Å². The monoisotopic (exact) mass is 365 g/mol. The Kier molecular flexibility index (Phi) is 5.02. The van der Waals surface area contributed by atoms with Crippen LogP contribution in [0.15, 0.2) is 48.5 Å². The van der Waals surface area contributed by atoms with Gasteiger partial charge in [0.05, 0.1) is 26.5 Å². The summed E-state index contributed by atoms with van der Waals surface area (Å²) in [6.45, 7) is 1.43. The molecule has 1 aliphatic rings. The van der Waals surface area contributed by atoms with Crippen LogP contribution in [0.2, 0.25) is 0 Å². The normalized spacial score (nSPS) is 13.7. The molecule has 1 aliphatic carbocycles. The molecule has 140 valence electrons. The molecule has 0 atom stereocenters. The number of hydrogen-bond acceptors (Lipinski definition) is 6. The van der Waals surface area contributed by atoms with Gasteiger partial charge in [0.15, 0.2) is 5.82 Å². The number of hydrogen-bond donors (Lipinski definition) is 0. The second kappa shape index (κ2) is 7.75. The van der Waals surface area contributed by atoms with Gasteiger partial charge < -0.3 is 9.47 Å². The van der Waals surface area contributed by atoms with Crippen LogP contribution in [0.5, 0.6) is 11.5 Å². The van der Waals surface area contributed by atoms with Crippen molar-refractivity contribution in [1.29, 1.82) is 0 Å². The summed E-state index contributed by atoms with van der Waals surface area (Å²) < 4.78 is 12.7. The summed E-state index contributed by atoms with van der Waals surface area (Å²) >= 11 is 0. The molecule has 7 nitrogen and oxygen atoms in total. The molecular formula is C20H23N5O2. The molecule has 1 heterocycles. The minimum atomic E-state index is 0.543. The smallest absolute Gasteiger partial charge is 0.170 e. The van der Waals surface area contributed by atoms with Crippen LogP contribution in [0, 0.1) is 0 Å². The van der Waals surface area contributed by atoms with E-state index in [0.717, 1.165) is 35.1 Å². The Bertz CT molecular complexity index is 892. The van der Waals surface area contributed by atoms with E-state index < -0.39 is 0 Å². The van der Waals surface area contributed by atoms with Gasteiger partial charge in [-0.3, -0.25) is 4.90 Å². The van der Waals surface area contributed by atoms with Crippen molar-refractivity contribution in [2.75, 3.05) is 14.2 Å². The van der Waals surface area contributed by atoms with E-state index in [-0.39, 0.29) is 0 Å². The minimum Gasteiger partial charge on any atom is -0.497 e. The second-order valence-corrected chi connectivity index (χ2v) is 6.66. The first-order valence-electron chi connectivity index (χ1n) is 9.06. The van der Waals surface area contributed by atoms with E-state index in [1.807, 2.05) is 48.5 Å². The maximum absolute atomic E-state index is 5.55. The average molecular weight is 365 g/mol. The number of methoxy groups -OCH3 is 2. The highest BCUT2D eigenvalue weighted by Crippen LogP contribution is 2.33. The van der Waals surface area contributed by atoms with Crippen molar-refractivity contribution in [2.45, 2.75) is 32.0 Å². The highest BCUT2D eigenvalue weighted by Gasteiger charge is 2.31. The Labute approximate surface area is 158 Å². The molecule has 1 fully saturated rings. The van der Waals surface area contributed by atoms with Crippen LogP contribution in [-0.4, -0.2) is 45.4 Å². The molecule has 0 amide bonds. The molecular weight excluding hydrogens is 342 g/mol. The lowest BCUT2D eigenvalue weighted by Gasteiger charge is -2.23. The molecule has 2 aromatic carbocycles. The van der Waals surface area contributed by atoms with Crippen LogP contribution < -0.4 is 9.47 Å². The predicted octanol–water partition coefficient (Wildman–Crippen LogP) is 2.84. The lowest BCUT2D eigenvalue weighted by atomic mass is 10.1. The van der Waals surface area contributed by atoms with Crippen molar-refractivity contribution in [3.05, 3.63) is 59.9 Å². The Morgan fingerprint density at radius 2 is 1.85 bits per heavy atom. The molecule has 27 heavy (non-hydrogen) atoms. The molecule has 4 rings (SSSR count). The van der Waals surface area contributed by atoms with Gasteiger partial charge in [-0.05, 0) is 53.6 Å².